The summed E-state index contributed by atoms with van der Waals surface area (Å²) in [6.45, 7) is 5.21. The molecule has 2 aromatic rings. The van der Waals surface area contributed by atoms with Crippen LogP contribution < -0.4 is 10.3 Å². The number of hydrogen-bond donors (Lipinski definition) is 0. The highest BCUT2D eigenvalue weighted by molar-refractivity contribution is 9.10. The van der Waals surface area contributed by atoms with Gasteiger partial charge in [-0.15, -0.1) is 0 Å². The second-order valence-corrected chi connectivity index (χ2v) is 6.89. The van der Waals surface area contributed by atoms with E-state index in [-0.39, 0.29) is 17.7 Å². The van der Waals surface area contributed by atoms with E-state index < -0.39 is 12.5 Å². The molecule has 0 fully saturated rings. The van der Waals surface area contributed by atoms with Crippen molar-refractivity contribution in [2.45, 2.75) is 33.2 Å². The van der Waals surface area contributed by atoms with Gasteiger partial charge in [0.2, 0.25) is 0 Å². The maximum atomic E-state index is 13.2. The van der Waals surface area contributed by atoms with E-state index in [1.54, 1.807) is 16.7 Å². The van der Waals surface area contributed by atoms with Crippen molar-refractivity contribution in [1.82, 2.24) is 4.57 Å². The molecule has 0 atom stereocenters. The van der Waals surface area contributed by atoms with Gasteiger partial charge in [0, 0.05) is 18.3 Å². The van der Waals surface area contributed by atoms with Gasteiger partial charge in [0.25, 0.3) is 5.56 Å². The molecule has 0 aliphatic carbocycles. The van der Waals surface area contributed by atoms with Gasteiger partial charge in [0.1, 0.15) is 29.3 Å². The highest BCUT2D eigenvalue weighted by Crippen LogP contribution is 2.24. The van der Waals surface area contributed by atoms with Gasteiger partial charge in [0.05, 0.1) is 0 Å². The van der Waals surface area contributed by atoms with E-state index in [0.29, 0.717) is 28.8 Å². The topological polar surface area (TPSA) is 31.2 Å². The Bertz CT molecular complexity index is 948. The van der Waals surface area contributed by atoms with Crippen molar-refractivity contribution in [3.05, 3.63) is 98.7 Å². The van der Waals surface area contributed by atoms with Crippen LogP contribution in [0.25, 0.3) is 0 Å². The van der Waals surface area contributed by atoms with Gasteiger partial charge in [-0.1, -0.05) is 43.0 Å². The zero-order valence-electron chi connectivity index (χ0n) is 15.6. The van der Waals surface area contributed by atoms with Crippen molar-refractivity contribution in [2.24, 2.45) is 0 Å². The molecule has 148 valence electrons. The lowest BCUT2D eigenvalue weighted by Gasteiger charge is -2.15. The van der Waals surface area contributed by atoms with Crippen LogP contribution in [0.2, 0.25) is 0 Å². The third-order valence-corrected chi connectivity index (χ3v) is 4.85. The van der Waals surface area contributed by atoms with Crippen molar-refractivity contribution in [1.29, 1.82) is 0 Å². The van der Waals surface area contributed by atoms with Crippen LogP contribution in [0.3, 0.4) is 0 Å². The minimum absolute atomic E-state index is 0.0411. The third kappa shape index (κ3) is 5.76. The molecule has 0 aliphatic rings. The fraction of sp³-hybridized carbons (Fsp3) is 0.227. The maximum Gasteiger partial charge on any atom is 0.268 e. The van der Waals surface area contributed by atoms with Crippen LogP contribution in [0.15, 0.2) is 70.5 Å². The summed E-state index contributed by atoms with van der Waals surface area (Å²) in [5, 5.41) is 0. The number of aromatic nitrogens is 1. The molecule has 1 heterocycles. The first-order valence-electron chi connectivity index (χ1n) is 8.78. The molecule has 0 N–H and O–H groups in total. The van der Waals surface area contributed by atoms with Crippen molar-refractivity contribution < 1.29 is 13.5 Å². The zero-order valence-corrected chi connectivity index (χ0v) is 17.2. The Morgan fingerprint density at radius 2 is 2.00 bits per heavy atom. The number of allylic oxidation sites excluding steroid dienone is 5. The van der Waals surface area contributed by atoms with Crippen molar-refractivity contribution >= 4 is 15.9 Å². The quantitative estimate of drug-likeness (QED) is 0.453. The Hall–Kier alpha value is -2.47. The van der Waals surface area contributed by atoms with Gasteiger partial charge in [0.15, 0.2) is 0 Å². The molecule has 0 saturated carbocycles. The average molecular weight is 450 g/mol. The molecule has 2 rings (SSSR count). The SMILES string of the molecule is C=C/C=C\C=C/CCn1c(C)cc(OCc2ccc(F)cc2CF)c(Br)c1=O. The fourth-order valence-corrected chi connectivity index (χ4v) is 3.08. The summed E-state index contributed by atoms with van der Waals surface area (Å²) in [5.41, 5.74) is 1.33. The molecule has 6 heteroatoms. The Morgan fingerprint density at radius 1 is 1.21 bits per heavy atom. The van der Waals surface area contributed by atoms with E-state index in [0.717, 1.165) is 11.8 Å². The summed E-state index contributed by atoms with van der Waals surface area (Å²) in [7, 11) is 0. The molecular weight excluding hydrogens is 428 g/mol. The largest absolute Gasteiger partial charge is 0.487 e. The number of alkyl halides is 1. The summed E-state index contributed by atoms with van der Waals surface area (Å²) in [6, 6.07) is 5.65. The Kier molecular flexibility index (Phi) is 8.39. The number of ether oxygens (including phenoxy) is 1. The summed E-state index contributed by atoms with van der Waals surface area (Å²) < 4.78 is 34.0. The molecule has 3 nitrogen and oxygen atoms in total. The van der Waals surface area contributed by atoms with E-state index >= 15 is 0 Å². The summed E-state index contributed by atoms with van der Waals surface area (Å²) in [5.74, 6) is -0.123. The van der Waals surface area contributed by atoms with E-state index in [1.165, 1.54) is 12.1 Å². The summed E-state index contributed by atoms with van der Waals surface area (Å²) in [4.78, 5) is 12.6. The second-order valence-electron chi connectivity index (χ2n) is 6.09. The Morgan fingerprint density at radius 3 is 2.71 bits per heavy atom. The Balaban J connectivity index is 2.13. The van der Waals surface area contributed by atoms with Gasteiger partial charge in [-0.25, -0.2) is 8.78 Å². The van der Waals surface area contributed by atoms with Crippen LogP contribution in [0.5, 0.6) is 5.75 Å². The van der Waals surface area contributed by atoms with Crippen LogP contribution in [-0.2, 0) is 19.8 Å². The zero-order chi connectivity index (χ0) is 20.5. The van der Waals surface area contributed by atoms with Crippen LogP contribution in [0, 0.1) is 12.7 Å². The van der Waals surface area contributed by atoms with Crippen molar-refractivity contribution in [3.8, 4) is 5.75 Å². The normalized spacial score (nSPS) is 11.4. The van der Waals surface area contributed by atoms with Crippen LogP contribution in [-0.4, -0.2) is 4.57 Å². The van der Waals surface area contributed by atoms with Crippen molar-refractivity contribution in [2.75, 3.05) is 0 Å². The van der Waals surface area contributed by atoms with Crippen LogP contribution in [0.1, 0.15) is 23.2 Å². The molecular formula is C22H22BrF2NO2. The lowest BCUT2D eigenvalue weighted by atomic mass is 10.1. The smallest absolute Gasteiger partial charge is 0.268 e. The van der Waals surface area contributed by atoms with Crippen LogP contribution in [0.4, 0.5) is 8.78 Å². The molecule has 0 amide bonds. The number of benzene rings is 1. The minimum Gasteiger partial charge on any atom is -0.487 e. The number of pyridine rings is 1. The maximum absolute atomic E-state index is 13.2. The third-order valence-electron chi connectivity index (χ3n) is 4.12. The van der Waals surface area contributed by atoms with Gasteiger partial charge in [-0.2, -0.15) is 0 Å². The number of hydrogen-bond acceptors (Lipinski definition) is 2. The first-order valence-corrected chi connectivity index (χ1v) is 9.57. The fourth-order valence-electron chi connectivity index (χ4n) is 2.63. The van der Waals surface area contributed by atoms with Crippen LogP contribution >= 0.6 is 15.9 Å². The van der Waals surface area contributed by atoms with Gasteiger partial charge < -0.3 is 9.30 Å². The standard InChI is InChI=1S/C22H22BrF2NO2/c1-3-4-5-6-7-8-11-26-16(2)12-20(21(23)22(26)27)28-15-17-9-10-19(25)13-18(17)14-24/h3-7,9-10,12-13H,1,8,11,14-15H2,2H3/b5-4-,7-6-. The molecule has 0 aliphatic heterocycles. The molecule has 0 saturated heterocycles. The molecule has 0 spiro atoms. The van der Waals surface area contributed by atoms with Gasteiger partial charge >= 0.3 is 0 Å². The van der Waals surface area contributed by atoms with Crippen molar-refractivity contribution in [3.63, 3.8) is 0 Å². The number of nitrogens with zero attached hydrogens (tertiary/aromatic N) is 1. The van der Waals surface area contributed by atoms with E-state index in [2.05, 4.69) is 22.5 Å². The van der Waals surface area contributed by atoms with E-state index in [4.69, 9.17) is 4.74 Å². The average Bonchev–Trinajstić information content (AvgIpc) is 2.69. The first-order chi connectivity index (χ1) is 13.5. The van der Waals surface area contributed by atoms with E-state index in [9.17, 15) is 13.6 Å². The first kappa shape index (κ1) is 21.8. The number of halogens is 3. The molecule has 0 bridgehead atoms. The lowest BCUT2D eigenvalue weighted by molar-refractivity contribution is 0.299. The second kappa shape index (κ2) is 10.8. The monoisotopic (exact) mass is 449 g/mol. The summed E-state index contributed by atoms with van der Waals surface area (Å²) >= 11 is 3.30. The molecule has 0 unspecified atom stereocenters. The predicted octanol–water partition coefficient (Wildman–Crippen LogP) is 5.80. The Labute approximate surface area is 171 Å². The highest BCUT2D eigenvalue weighted by atomic mass is 79.9. The number of rotatable bonds is 9. The van der Waals surface area contributed by atoms with Gasteiger partial charge in [-0.05, 0) is 52.5 Å². The summed E-state index contributed by atoms with van der Waals surface area (Å²) in [6.07, 6.45) is 9.96. The molecule has 1 aromatic heterocycles. The molecule has 0 radical (unpaired) electrons. The van der Waals surface area contributed by atoms with E-state index in [1.807, 2.05) is 31.2 Å². The molecule has 28 heavy (non-hydrogen) atoms. The molecule has 1 aromatic carbocycles. The predicted molar refractivity (Wildman–Crippen MR) is 112 cm³/mol. The lowest BCUT2D eigenvalue weighted by Crippen LogP contribution is -2.23. The highest BCUT2D eigenvalue weighted by Gasteiger charge is 2.13. The van der Waals surface area contributed by atoms with Gasteiger partial charge in [-0.3, -0.25) is 4.79 Å². The number of aryl methyl sites for hydroxylation is 1. The minimum atomic E-state index is -0.784.